The van der Waals surface area contributed by atoms with Crippen LogP contribution in [-0.4, -0.2) is 22.6 Å². The van der Waals surface area contributed by atoms with Crippen LogP contribution in [0.3, 0.4) is 0 Å². The average Bonchev–Trinajstić information content (AvgIpc) is 2.97. The summed E-state index contributed by atoms with van der Waals surface area (Å²) in [6, 6.07) is 14.4. The molecule has 3 nitrogen and oxygen atoms in total. The fraction of sp³-hybridized carbons (Fsp3) is 0.318. The van der Waals surface area contributed by atoms with E-state index in [2.05, 4.69) is 24.3 Å². The maximum absolute atomic E-state index is 12.9. The van der Waals surface area contributed by atoms with Gasteiger partial charge in [0, 0.05) is 0 Å². The van der Waals surface area contributed by atoms with Crippen LogP contribution in [0, 0.1) is 13.8 Å². The molecule has 2 aliphatic heterocycles. The van der Waals surface area contributed by atoms with Crippen molar-refractivity contribution in [1.29, 1.82) is 0 Å². The van der Waals surface area contributed by atoms with E-state index in [9.17, 15) is 9.90 Å². The van der Waals surface area contributed by atoms with Crippen molar-refractivity contribution in [3.05, 3.63) is 64.9 Å². The zero-order chi connectivity index (χ0) is 17.8. The van der Waals surface area contributed by atoms with Crippen LogP contribution < -0.4 is 0 Å². The Balaban J connectivity index is 1.88. The molecule has 1 fully saturated rings. The average molecular weight is 334 g/mol. The normalized spacial score (nSPS) is 25.6. The molecule has 128 valence electrons. The van der Waals surface area contributed by atoms with Crippen LogP contribution >= 0.6 is 0 Å². The zero-order valence-electron chi connectivity index (χ0n) is 14.8. The molecule has 0 aromatic heterocycles. The molecule has 2 aromatic carbocycles. The predicted molar refractivity (Wildman–Crippen MR) is 98.4 cm³/mol. The Morgan fingerprint density at radius 1 is 1.08 bits per heavy atom. The molecule has 1 saturated heterocycles. The lowest BCUT2D eigenvalue weighted by Crippen LogP contribution is -2.38. The summed E-state index contributed by atoms with van der Waals surface area (Å²) in [5.74, 6) is -0.00366. The SMILES string of the molecule is Cc1cc(-c2ccccc2)cc(C)c1C1=C(O)[C@@]2(C)CC[C@H](O2)C1=O. The van der Waals surface area contributed by atoms with Gasteiger partial charge in [-0.05, 0) is 61.4 Å². The van der Waals surface area contributed by atoms with Gasteiger partial charge in [0.25, 0.3) is 0 Å². The van der Waals surface area contributed by atoms with Gasteiger partial charge in [0.15, 0.2) is 5.78 Å². The smallest absolute Gasteiger partial charge is 0.195 e. The quantitative estimate of drug-likeness (QED) is 0.861. The van der Waals surface area contributed by atoms with Crippen molar-refractivity contribution in [2.24, 2.45) is 0 Å². The van der Waals surface area contributed by atoms with Gasteiger partial charge in [-0.1, -0.05) is 42.5 Å². The third kappa shape index (κ3) is 2.42. The molecule has 25 heavy (non-hydrogen) atoms. The minimum Gasteiger partial charge on any atom is -0.508 e. The van der Waals surface area contributed by atoms with Gasteiger partial charge < -0.3 is 9.84 Å². The van der Waals surface area contributed by atoms with Crippen molar-refractivity contribution in [2.75, 3.05) is 0 Å². The van der Waals surface area contributed by atoms with Gasteiger partial charge in [-0.25, -0.2) is 0 Å². The first-order valence-electron chi connectivity index (χ1n) is 8.73. The number of aliphatic hydroxyl groups is 1. The van der Waals surface area contributed by atoms with Gasteiger partial charge in [-0.15, -0.1) is 0 Å². The number of carbonyl (C=O) groups is 1. The van der Waals surface area contributed by atoms with Crippen LogP contribution in [0.5, 0.6) is 0 Å². The van der Waals surface area contributed by atoms with Crippen molar-refractivity contribution >= 4 is 11.4 Å². The number of Topliss-reactive ketones (excluding diaryl/α,β-unsaturated/α-hetero) is 1. The molecule has 0 amide bonds. The highest BCUT2D eigenvalue weighted by Crippen LogP contribution is 2.46. The van der Waals surface area contributed by atoms with Crippen molar-refractivity contribution in [2.45, 2.75) is 45.3 Å². The Morgan fingerprint density at radius 3 is 2.36 bits per heavy atom. The summed E-state index contributed by atoms with van der Waals surface area (Å²) in [6.45, 7) is 5.88. The van der Waals surface area contributed by atoms with Crippen molar-refractivity contribution in [3.63, 3.8) is 0 Å². The summed E-state index contributed by atoms with van der Waals surface area (Å²) in [7, 11) is 0. The molecule has 2 atom stereocenters. The lowest BCUT2D eigenvalue weighted by Gasteiger charge is -2.31. The molecule has 1 N–H and O–H groups in total. The Bertz CT molecular complexity index is 872. The molecule has 0 unspecified atom stereocenters. The van der Waals surface area contributed by atoms with E-state index in [0.717, 1.165) is 27.8 Å². The van der Waals surface area contributed by atoms with Crippen LogP contribution in [0.25, 0.3) is 16.7 Å². The second-order valence-corrected chi connectivity index (χ2v) is 7.31. The number of aliphatic hydroxyl groups excluding tert-OH is 1. The number of hydrogen-bond donors (Lipinski definition) is 1. The number of benzene rings is 2. The van der Waals surface area contributed by atoms with Gasteiger partial charge in [0.05, 0.1) is 5.57 Å². The van der Waals surface area contributed by atoms with E-state index in [1.807, 2.05) is 39.0 Å². The number of ether oxygens (including phenoxy) is 1. The Kier molecular flexibility index (Phi) is 3.58. The number of rotatable bonds is 2. The Labute approximate surface area is 148 Å². The summed E-state index contributed by atoms with van der Waals surface area (Å²) in [5.41, 5.74) is 4.83. The van der Waals surface area contributed by atoms with Crippen LogP contribution in [0.15, 0.2) is 48.2 Å². The number of ketones is 1. The standard InChI is InChI=1S/C22H22O3/c1-13-11-16(15-7-5-4-6-8-15)12-14(2)18(13)19-20(23)17-9-10-22(3,25-17)21(19)24/h4-8,11-12,17,24H,9-10H2,1-3H3/t17-,22+/m0/s1. The second-order valence-electron chi connectivity index (χ2n) is 7.31. The maximum atomic E-state index is 12.9. The van der Waals surface area contributed by atoms with E-state index in [4.69, 9.17) is 4.74 Å². The Hall–Kier alpha value is -2.39. The summed E-state index contributed by atoms with van der Waals surface area (Å²) in [4.78, 5) is 12.9. The van der Waals surface area contributed by atoms with Crippen molar-refractivity contribution < 1.29 is 14.6 Å². The molecule has 2 heterocycles. The van der Waals surface area contributed by atoms with E-state index in [-0.39, 0.29) is 11.5 Å². The summed E-state index contributed by atoms with van der Waals surface area (Å²) in [6.07, 6.45) is 0.922. The molecular weight excluding hydrogens is 312 g/mol. The van der Waals surface area contributed by atoms with Crippen molar-refractivity contribution in [3.8, 4) is 11.1 Å². The molecule has 2 aliphatic rings. The van der Waals surface area contributed by atoms with Crippen LogP contribution in [-0.2, 0) is 9.53 Å². The zero-order valence-corrected chi connectivity index (χ0v) is 14.8. The van der Waals surface area contributed by atoms with Gasteiger partial charge >= 0.3 is 0 Å². The van der Waals surface area contributed by atoms with E-state index in [1.54, 1.807) is 0 Å². The third-order valence-electron chi connectivity index (χ3n) is 5.45. The van der Waals surface area contributed by atoms with Crippen LogP contribution in [0.2, 0.25) is 0 Å². The number of fused-ring (bicyclic) bond motifs is 2. The fourth-order valence-electron chi connectivity index (χ4n) is 4.14. The molecule has 0 spiro atoms. The molecule has 2 aromatic rings. The number of aryl methyl sites for hydroxylation is 2. The first-order valence-corrected chi connectivity index (χ1v) is 8.73. The van der Waals surface area contributed by atoms with E-state index in [0.29, 0.717) is 18.4 Å². The van der Waals surface area contributed by atoms with Crippen molar-refractivity contribution in [1.82, 2.24) is 0 Å². The molecule has 4 rings (SSSR count). The highest BCUT2D eigenvalue weighted by atomic mass is 16.5. The summed E-state index contributed by atoms with van der Waals surface area (Å²) >= 11 is 0. The highest BCUT2D eigenvalue weighted by molar-refractivity contribution is 6.25. The maximum Gasteiger partial charge on any atom is 0.195 e. The highest BCUT2D eigenvalue weighted by Gasteiger charge is 2.50. The van der Waals surface area contributed by atoms with Gasteiger partial charge in [-0.2, -0.15) is 0 Å². The lowest BCUT2D eigenvalue weighted by molar-refractivity contribution is -0.130. The monoisotopic (exact) mass is 334 g/mol. The first kappa shape index (κ1) is 16.1. The van der Waals surface area contributed by atoms with Gasteiger partial charge in [0.2, 0.25) is 0 Å². The minimum absolute atomic E-state index is 0.0879. The lowest BCUT2D eigenvalue weighted by atomic mass is 9.85. The van der Waals surface area contributed by atoms with E-state index < -0.39 is 11.7 Å². The fourth-order valence-corrected chi connectivity index (χ4v) is 4.14. The minimum atomic E-state index is -0.731. The topological polar surface area (TPSA) is 46.5 Å². The number of hydrogen-bond acceptors (Lipinski definition) is 3. The predicted octanol–water partition coefficient (Wildman–Crippen LogP) is 4.76. The largest absolute Gasteiger partial charge is 0.508 e. The Morgan fingerprint density at radius 2 is 1.72 bits per heavy atom. The van der Waals surface area contributed by atoms with E-state index >= 15 is 0 Å². The molecule has 3 heteroatoms. The summed E-state index contributed by atoms with van der Waals surface area (Å²) in [5, 5.41) is 10.8. The molecule has 0 saturated carbocycles. The van der Waals surface area contributed by atoms with Gasteiger partial charge in [-0.3, -0.25) is 4.79 Å². The van der Waals surface area contributed by atoms with Crippen LogP contribution in [0.4, 0.5) is 0 Å². The van der Waals surface area contributed by atoms with E-state index in [1.165, 1.54) is 0 Å². The molecule has 2 bridgehead atoms. The number of carbonyl (C=O) groups excluding carboxylic acids is 1. The molecule has 0 radical (unpaired) electrons. The molecular formula is C22H22O3. The van der Waals surface area contributed by atoms with Gasteiger partial charge in [0.1, 0.15) is 17.5 Å². The third-order valence-corrected chi connectivity index (χ3v) is 5.45. The first-order chi connectivity index (χ1) is 11.9. The summed E-state index contributed by atoms with van der Waals surface area (Å²) < 4.78 is 5.78. The second kappa shape index (κ2) is 5.57. The molecule has 0 aliphatic carbocycles. The van der Waals surface area contributed by atoms with Crippen LogP contribution in [0.1, 0.15) is 36.5 Å².